The maximum Gasteiger partial charge on any atom is 0.490 e. The van der Waals surface area contributed by atoms with E-state index in [-0.39, 0.29) is 24.0 Å². The van der Waals surface area contributed by atoms with Gasteiger partial charge in [-0.3, -0.25) is 14.7 Å². The maximum atomic E-state index is 12.6. The largest absolute Gasteiger partial charge is 0.490 e. The van der Waals surface area contributed by atoms with Crippen LogP contribution in [0.3, 0.4) is 0 Å². The molecular formula is C23H26F6N4O7. The van der Waals surface area contributed by atoms with Gasteiger partial charge in [-0.25, -0.2) is 9.59 Å². The van der Waals surface area contributed by atoms with Crippen LogP contribution in [0.15, 0.2) is 29.0 Å². The number of carboxylic acid groups (broad SMARTS) is 2. The number of nitrogens with zero attached hydrogens (tertiary/aromatic N) is 3. The smallest absolute Gasteiger partial charge is 0.475 e. The Bertz CT molecular complexity index is 1110. The number of halogens is 6. The third-order valence-electron chi connectivity index (χ3n) is 5.81. The lowest BCUT2D eigenvalue weighted by atomic mass is 9.99. The predicted molar refractivity (Wildman–Crippen MR) is 121 cm³/mol. The Morgan fingerprint density at radius 2 is 1.68 bits per heavy atom. The van der Waals surface area contributed by atoms with Crippen molar-refractivity contribution < 1.29 is 60.2 Å². The van der Waals surface area contributed by atoms with Crippen LogP contribution in [0.25, 0.3) is 0 Å². The van der Waals surface area contributed by atoms with Gasteiger partial charge in [-0.1, -0.05) is 11.2 Å². The predicted octanol–water partition coefficient (Wildman–Crippen LogP) is 2.86. The molecule has 222 valence electrons. The number of pyridine rings is 1. The fraction of sp³-hybridized carbons (Fsp3) is 0.522. The number of fused-ring (bicyclic) bond motifs is 2. The summed E-state index contributed by atoms with van der Waals surface area (Å²) >= 11 is 0. The van der Waals surface area contributed by atoms with Gasteiger partial charge in [-0.15, -0.1) is 0 Å². The number of hydrogen-bond donors (Lipinski definition) is 3. The molecule has 0 aromatic carbocycles. The Morgan fingerprint density at radius 3 is 2.15 bits per heavy atom. The van der Waals surface area contributed by atoms with Gasteiger partial charge < -0.3 is 24.8 Å². The second-order valence-electron chi connectivity index (χ2n) is 8.82. The van der Waals surface area contributed by atoms with Crippen molar-refractivity contribution in [1.29, 1.82) is 0 Å². The minimum Gasteiger partial charge on any atom is -0.475 e. The summed E-state index contributed by atoms with van der Waals surface area (Å²) in [6.07, 6.45) is -5.82. The van der Waals surface area contributed by atoms with Crippen molar-refractivity contribution in [2.75, 3.05) is 13.1 Å². The minimum atomic E-state index is -5.08. The first-order chi connectivity index (χ1) is 18.5. The average molecular weight is 584 g/mol. The first-order valence-electron chi connectivity index (χ1n) is 11.5. The number of likely N-dealkylation sites (tertiary alicyclic amines) is 1. The van der Waals surface area contributed by atoms with Crippen LogP contribution in [-0.4, -0.2) is 80.7 Å². The van der Waals surface area contributed by atoms with Crippen LogP contribution < -0.4 is 5.32 Å². The number of aromatic nitrogens is 2. The Labute approximate surface area is 223 Å². The van der Waals surface area contributed by atoms with Crippen LogP contribution in [0.1, 0.15) is 29.0 Å². The van der Waals surface area contributed by atoms with E-state index in [9.17, 15) is 31.1 Å². The second-order valence-corrected chi connectivity index (χ2v) is 8.82. The fourth-order valence-electron chi connectivity index (χ4n) is 3.92. The zero-order chi connectivity index (χ0) is 30.3. The highest BCUT2D eigenvalue weighted by atomic mass is 19.4. The molecule has 17 heteroatoms. The van der Waals surface area contributed by atoms with Crippen LogP contribution in [-0.2, 0) is 32.2 Å². The molecule has 40 heavy (non-hydrogen) atoms. The van der Waals surface area contributed by atoms with Crippen LogP contribution in [0, 0.1) is 19.8 Å². The highest BCUT2D eigenvalue weighted by Crippen LogP contribution is 2.33. The molecular weight excluding hydrogens is 558 g/mol. The van der Waals surface area contributed by atoms with Crippen molar-refractivity contribution in [3.8, 4) is 0 Å². The van der Waals surface area contributed by atoms with Gasteiger partial charge in [-0.2, -0.15) is 26.3 Å². The topological polar surface area (TPSA) is 155 Å². The van der Waals surface area contributed by atoms with Crippen LogP contribution in [0.2, 0.25) is 0 Å². The lowest BCUT2D eigenvalue weighted by Crippen LogP contribution is -2.45. The summed E-state index contributed by atoms with van der Waals surface area (Å²) in [6.45, 7) is 6.80. The molecule has 3 N–H and O–H groups in total. The highest BCUT2D eigenvalue weighted by Gasteiger charge is 2.44. The molecule has 2 aromatic rings. The summed E-state index contributed by atoms with van der Waals surface area (Å²) < 4.78 is 74.8. The first-order valence-corrected chi connectivity index (χ1v) is 11.5. The molecule has 3 atom stereocenters. The van der Waals surface area contributed by atoms with Gasteiger partial charge in [0.1, 0.15) is 5.76 Å². The third kappa shape index (κ3) is 9.78. The van der Waals surface area contributed by atoms with Gasteiger partial charge in [0.25, 0.3) is 0 Å². The van der Waals surface area contributed by atoms with Gasteiger partial charge in [0, 0.05) is 44.1 Å². The summed E-state index contributed by atoms with van der Waals surface area (Å²) in [5.74, 6) is -4.67. The van der Waals surface area contributed by atoms with Crippen molar-refractivity contribution in [1.82, 2.24) is 20.4 Å². The molecule has 0 aliphatic carbocycles. The van der Waals surface area contributed by atoms with E-state index in [0.29, 0.717) is 6.54 Å². The quantitative estimate of drug-likeness (QED) is 0.447. The second kappa shape index (κ2) is 13.6. The van der Waals surface area contributed by atoms with E-state index in [1.165, 1.54) is 0 Å². The van der Waals surface area contributed by atoms with E-state index in [0.717, 1.165) is 48.6 Å². The minimum absolute atomic E-state index is 0.0527. The third-order valence-corrected chi connectivity index (χ3v) is 5.81. The molecule has 0 radical (unpaired) electrons. The number of carbonyl (C=O) groups excluding carboxylic acids is 1. The monoisotopic (exact) mass is 584 g/mol. The molecule has 2 aromatic heterocycles. The van der Waals surface area contributed by atoms with Gasteiger partial charge in [0.2, 0.25) is 5.91 Å². The number of alkyl halides is 6. The molecule has 0 spiro atoms. The van der Waals surface area contributed by atoms with Crippen LogP contribution >= 0.6 is 0 Å². The summed E-state index contributed by atoms with van der Waals surface area (Å²) in [7, 11) is 0. The lowest BCUT2D eigenvalue weighted by molar-refractivity contribution is -0.193. The van der Waals surface area contributed by atoms with Gasteiger partial charge in [0.15, 0.2) is 0 Å². The van der Waals surface area contributed by atoms with Crippen LogP contribution in [0.5, 0.6) is 0 Å². The molecule has 2 aliphatic rings. The van der Waals surface area contributed by atoms with Gasteiger partial charge in [0.05, 0.1) is 23.8 Å². The van der Waals surface area contributed by atoms with E-state index in [4.69, 9.17) is 29.1 Å². The first kappa shape index (κ1) is 32.5. The number of hydrogen-bond acceptors (Lipinski definition) is 8. The van der Waals surface area contributed by atoms with Crippen molar-refractivity contribution in [3.05, 3.63) is 47.1 Å². The summed E-state index contributed by atoms with van der Waals surface area (Å²) in [5, 5.41) is 21.3. The number of morpholine rings is 1. The lowest BCUT2D eigenvalue weighted by Gasteiger charge is -2.32. The standard InChI is InChI=1S/C19H24N4O3.2C2HF3O2/c1-12-17(13(2)26-22-12)10-23-9-15-6-16(18(11-23)25-15)19(24)21-8-14-4-3-5-20-7-14;2*3-2(4,5)1(6)7/h3-5,7,15-16,18H,6,8-11H2,1-2H3,(H,21,24);2*(H,6,7). The summed E-state index contributed by atoms with van der Waals surface area (Å²) in [6, 6.07) is 3.84. The Balaban J connectivity index is 0.000000333. The number of rotatable bonds is 5. The Hall–Kier alpha value is -3.73. The normalized spacial score (nSPS) is 20.4. The molecule has 2 bridgehead atoms. The number of nitrogens with one attached hydrogen (secondary N) is 1. The number of carbonyl (C=O) groups is 3. The molecule has 11 nitrogen and oxygen atoms in total. The molecule has 2 saturated heterocycles. The van der Waals surface area contributed by atoms with Gasteiger partial charge >= 0.3 is 24.3 Å². The molecule has 2 fully saturated rings. The molecule has 4 rings (SSSR count). The fourth-order valence-corrected chi connectivity index (χ4v) is 3.92. The number of ether oxygens (including phenoxy) is 1. The van der Waals surface area contributed by atoms with Crippen molar-refractivity contribution in [2.24, 2.45) is 5.92 Å². The van der Waals surface area contributed by atoms with Crippen molar-refractivity contribution >= 4 is 17.8 Å². The van der Waals surface area contributed by atoms with Crippen LogP contribution in [0.4, 0.5) is 26.3 Å². The summed E-state index contributed by atoms with van der Waals surface area (Å²) in [5.41, 5.74) is 3.08. The van der Waals surface area contributed by atoms with E-state index < -0.39 is 24.3 Å². The highest BCUT2D eigenvalue weighted by molar-refractivity contribution is 5.79. The molecule has 3 unspecified atom stereocenters. The summed E-state index contributed by atoms with van der Waals surface area (Å²) in [4.78, 5) is 36.9. The molecule has 0 saturated carbocycles. The zero-order valence-electron chi connectivity index (χ0n) is 21.1. The van der Waals surface area contributed by atoms with Gasteiger partial charge in [-0.05, 0) is 31.9 Å². The number of amides is 1. The molecule has 2 aliphatic heterocycles. The number of aliphatic carboxylic acids is 2. The van der Waals surface area contributed by atoms with E-state index >= 15 is 0 Å². The van der Waals surface area contributed by atoms with Crippen molar-refractivity contribution in [3.63, 3.8) is 0 Å². The molecule has 1 amide bonds. The number of aryl methyl sites for hydroxylation is 2. The number of carboxylic acids is 2. The SMILES string of the molecule is Cc1noc(C)c1CN1CC2CC(C(=O)NCc3cccnc3)C(C1)O2.O=C(O)C(F)(F)F.O=C(O)C(F)(F)F. The Morgan fingerprint density at radius 1 is 1.07 bits per heavy atom. The van der Waals surface area contributed by atoms with E-state index in [2.05, 4.69) is 20.4 Å². The Kier molecular flexibility index (Phi) is 11.0. The maximum absolute atomic E-state index is 12.6. The van der Waals surface area contributed by atoms with E-state index in [1.807, 2.05) is 26.0 Å². The molecule has 4 heterocycles. The average Bonchev–Trinajstić information content (AvgIpc) is 3.34. The zero-order valence-corrected chi connectivity index (χ0v) is 21.1. The van der Waals surface area contributed by atoms with Crippen molar-refractivity contribution in [2.45, 2.75) is 57.9 Å². The van der Waals surface area contributed by atoms with E-state index in [1.54, 1.807) is 12.4 Å².